The SMILES string of the molecule is Nc1ccccc1NC(=O)c1ccc(/C=C(\C(=O)NC2CC2)c2c[nH]c3ccccc23)cc1. The van der Waals surface area contributed by atoms with Gasteiger partial charge < -0.3 is 21.4 Å². The number of carbonyl (C=O) groups excluding carboxylic acids is 2. The highest BCUT2D eigenvalue weighted by Gasteiger charge is 2.26. The smallest absolute Gasteiger partial charge is 0.255 e. The highest BCUT2D eigenvalue weighted by atomic mass is 16.2. The topological polar surface area (TPSA) is 100 Å². The van der Waals surface area contributed by atoms with E-state index in [9.17, 15) is 9.59 Å². The molecule has 5 rings (SSSR count). The first-order valence-electron chi connectivity index (χ1n) is 10.9. The van der Waals surface area contributed by atoms with E-state index in [1.54, 1.807) is 24.3 Å². The summed E-state index contributed by atoms with van der Waals surface area (Å²) in [6.07, 6.45) is 5.77. The van der Waals surface area contributed by atoms with Crippen molar-refractivity contribution in [3.63, 3.8) is 0 Å². The summed E-state index contributed by atoms with van der Waals surface area (Å²) in [7, 11) is 0. The molecule has 5 N–H and O–H groups in total. The van der Waals surface area contributed by atoms with E-state index in [0.29, 0.717) is 22.5 Å². The number of benzene rings is 3. The highest BCUT2D eigenvalue weighted by molar-refractivity contribution is 6.27. The first kappa shape index (κ1) is 20.6. The summed E-state index contributed by atoms with van der Waals surface area (Å²) >= 11 is 0. The van der Waals surface area contributed by atoms with E-state index >= 15 is 0 Å². The van der Waals surface area contributed by atoms with Gasteiger partial charge in [0.15, 0.2) is 0 Å². The molecule has 0 atom stereocenters. The zero-order valence-electron chi connectivity index (χ0n) is 18.0. The van der Waals surface area contributed by atoms with Crippen LogP contribution in [0, 0.1) is 0 Å². The Morgan fingerprint density at radius 2 is 1.67 bits per heavy atom. The van der Waals surface area contributed by atoms with Gasteiger partial charge in [-0.25, -0.2) is 0 Å². The maximum absolute atomic E-state index is 13.1. The first-order chi connectivity index (χ1) is 16.1. The molecule has 33 heavy (non-hydrogen) atoms. The van der Waals surface area contributed by atoms with E-state index in [4.69, 9.17) is 5.73 Å². The third-order valence-electron chi connectivity index (χ3n) is 5.73. The molecule has 0 aliphatic heterocycles. The molecule has 1 aromatic heterocycles. The summed E-state index contributed by atoms with van der Waals surface area (Å²) in [5.74, 6) is -0.338. The molecule has 3 aromatic carbocycles. The number of aromatic amines is 1. The molecule has 2 amide bonds. The molecule has 6 nitrogen and oxygen atoms in total. The monoisotopic (exact) mass is 436 g/mol. The largest absolute Gasteiger partial charge is 0.397 e. The number of carbonyl (C=O) groups is 2. The number of H-pyrrole nitrogens is 1. The minimum Gasteiger partial charge on any atom is -0.397 e. The Morgan fingerprint density at radius 3 is 2.42 bits per heavy atom. The molecule has 1 aliphatic carbocycles. The summed E-state index contributed by atoms with van der Waals surface area (Å²) in [4.78, 5) is 28.9. The van der Waals surface area contributed by atoms with Crippen LogP contribution in [-0.2, 0) is 4.79 Å². The van der Waals surface area contributed by atoms with Gasteiger partial charge in [0.1, 0.15) is 0 Å². The van der Waals surface area contributed by atoms with Gasteiger partial charge in [0.05, 0.1) is 11.4 Å². The van der Waals surface area contributed by atoms with Crippen LogP contribution in [0.5, 0.6) is 0 Å². The quantitative estimate of drug-likeness (QED) is 0.257. The van der Waals surface area contributed by atoms with Crippen molar-refractivity contribution in [3.8, 4) is 0 Å². The number of aromatic nitrogens is 1. The average Bonchev–Trinajstić information content (AvgIpc) is 3.55. The van der Waals surface area contributed by atoms with Crippen molar-refractivity contribution in [2.24, 2.45) is 0 Å². The van der Waals surface area contributed by atoms with Crippen LogP contribution in [0.2, 0.25) is 0 Å². The Hall–Kier alpha value is -4.32. The van der Waals surface area contributed by atoms with Crippen LogP contribution in [0.4, 0.5) is 11.4 Å². The number of amides is 2. The van der Waals surface area contributed by atoms with Crippen molar-refractivity contribution in [2.75, 3.05) is 11.1 Å². The average molecular weight is 437 g/mol. The van der Waals surface area contributed by atoms with Gasteiger partial charge in [0, 0.05) is 39.8 Å². The fraction of sp³-hybridized carbons (Fsp3) is 0.111. The standard InChI is InChI=1S/C27H24N4O2/c28-23-6-2-4-8-25(23)31-26(32)18-11-9-17(10-12-18)15-21(27(33)30-19-13-14-19)22-16-29-24-7-3-1-5-20(22)24/h1-12,15-16,19,29H,13-14,28H2,(H,30,33)(H,31,32)/b21-15-. The van der Waals surface area contributed by atoms with Crippen LogP contribution in [0.25, 0.3) is 22.6 Å². The van der Waals surface area contributed by atoms with Crippen LogP contribution in [0.3, 0.4) is 0 Å². The van der Waals surface area contributed by atoms with Crippen LogP contribution in [-0.4, -0.2) is 22.8 Å². The number of rotatable bonds is 6. The molecule has 4 aromatic rings. The van der Waals surface area contributed by atoms with E-state index in [-0.39, 0.29) is 17.9 Å². The Kier molecular flexibility index (Phi) is 5.40. The maximum atomic E-state index is 13.1. The lowest BCUT2D eigenvalue weighted by molar-refractivity contribution is -0.115. The highest BCUT2D eigenvalue weighted by Crippen LogP contribution is 2.29. The zero-order chi connectivity index (χ0) is 22.8. The molecule has 0 bridgehead atoms. The van der Waals surface area contributed by atoms with Gasteiger partial charge in [-0.15, -0.1) is 0 Å². The lowest BCUT2D eigenvalue weighted by Gasteiger charge is -2.10. The molecule has 1 saturated carbocycles. The van der Waals surface area contributed by atoms with Crippen LogP contribution in [0.1, 0.15) is 34.3 Å². The Labute approximate surface area is 191 Å². The van der Waals surface area contributed by atoms with Gasteiger partial charge in [-0.3, -0.25) is 9.59 Å². The van der Waals surface area contributed by atoms with Crippen molar-refractivity contribution in [2.45, 2.75) is 18.9 Å². The van der Waals surface area contributed by atoms with Gasteiger partial charge in [0.2, 0.25) is 0 Å². The van der Waals surface area contributed by atoms with Gasteiger partial charge in [-0.05, 0) is 54.8 Å². The fourth-order valence-electron chi connectivity index (χ4n) is 3.75. The zero-order valence-corrected chi connectivity index (χ0v) is 18.0. The number of fused-ring (bicyclic) bond motifs is 1. The summed E-state index contributed by atoms with van der Waals surface area (Å²) < 4.78 is 0. The lowest BCUT2D eigenvalue weighted by Crippen LogP contribution is -2.26. The number of para-hydroxylation sites is 3. The molecule has 0 radical (unpaired) electrons. The Balaban J connectivity index is 1.43. The summed E-state index contributed by atoms with van der Waals surface area (Å²) in [5.41, 5.74) is 10.8. The maximum Gasteiger partial charge on any atom is 0.255 e. The van der Waals surface area contributed by atoms with Crippen molar-refractivity contribution in [1.82, 2.24) is 10.3 Å². The Morgan fingerprint density at radius 1 is 0.939 bits per heavy atom. The second kappa shape index (κ2) is 8.67. The third kappa shape index (κ3) is 4.50. The molecular weight excluding hydrogens is 412 g/mol. The lowest BCUT2D eigenvalue weighted by atomic mass is 10.0. The molecule has 1 fully saturated rings. The number of nitrogens with one attached hydrogen (secondary N) is 3. The summed E-state index contributed by atoms with van der Waals surface area (Å²) in [6, 6.07) is 22.5. The van der Waals surface area contributed by atoms with Crippen LogP contribution in [0.15, 0.2) is 79.0 Å². The minimum atomic E-state index is -0.244. The van der Waals surface area contributed by atoms with E-state index in [0.717, 1.165) is 34.9 Å². The van der Waals surface area contributed by atoms with Gasteiger partial charge >= 0.3 is 0 Å². The third-order valence-corrected chi connectivity index (χ3v) is 5.73. The van der Waals surface area contributed by atoms with Crippen molar-refractivity contribution in [1.29, 1.82) is 0 Å². The fourth-order valence-corrected chi connectivity index (χ4v) is 3.75. The van der Waals surface area contributed by atoms with E-state index < -0.39 is 0 Å². The van der Waals surface area contributed by atoms with Crippen LogP contribution < -0.4 is 16.4 Å². The van der Waals surface area contributed by atoms with E-state index in [1.807, 2.05) is 60.8 Å². The second-order valence-electron chi connectivity index (χ2n) is 8.22. The molecule has 0 spiro atoms. The van der Waals surface area contributed by atoms with E-state index in [1.165, 1.54) is 0 Å². The van der Waals surface area contributed by atoms with Crippen molar-refractivity contribution in [3.05, 3.63) is 95.7 Å². The molecular formula is C27H24N4O2. The number of nitrogens with two attached hydrogens (primary N) is 1. The van der Waals surface area contributed by atoms with E-state index in [2.05, 4.69) is 15.6 Å². The summed E-state index contributed by atoms with van der Waals surface area (Å²) in [5, 5.41) is 6.91. The van der Waals surface area contributed by atoms with Gasteiger partial charge in [-0.1, -0.05) is 42.5 Å². The number of hydrogen-bond donors (Lipinski definition) is 4. The number of nitrogen functional groups attached to an aromatic ring is 1. The molecule has 0 unspecified atom stereocenters. The summed E-state index contributed by atoms with van der Waals surface area (Å²) in [6.45, 7) is 0. The second-order valence-corrected chi connectivity index (χ2v) is 8.22. The predicted molar refractivity (Wildman–Crippen MR) is 133 cm³/mol. The molecule has 6 heteroatoms. The molecule has 0 saturated heterocycles. The number of hydrogen-bond acceptors (Lipinski definition) is 3. The molecule has 1 aliphatic rings. The van der Waals surface area contributed by atoms with Crippen molar-refractivity contribution >= 4 is 45.7 Å². The first-order valence-corrected chi connectivity index (χ1v) is 10.9. The Bertz CT molecular complexity index is 1360. The van der Waals surface area contributed by atoms with Crippen molar-refractivity contribution < 1.29 is 9.59 Å². The van der Waals surface area contributed by atoms with Gasteiger partial charge in [0.25, 0.3) is 11.8 Å². The number of anilines is 2. The predicted octanol–water partition coefficient (Wildman–Crippen LogP) is 4.82. The minimum absolute atomic E-state index is 0.0939. The van der Waals surface area contributed by atoms with Crippen LogP contribution >= 0.6 is 0 Å². The molecule has 1 heterocycles. The molecule has 164 valence electrons. The normalized spacial score (nSPS) is 13.6. The van der Waals surface area contributed by atoms with Gasteiger partial charge in [-0.2, -0.15) is 0 Å².